The van der Waals surface area contributed by atoms with Crippen molar-refractivity contribution in [3.8, 4) is 11.5 Å². The summed E-state index contributed by atoms with van der Waals surface area (Å²) in [6.07, 6.45) is 2.16. The molecule has 1 aromatic heterocycles. The molecule has 8 heteroatoms. The fraction of sp³-hybridized carbons (Fsp3) is 0.364. The van der Waals surface area contributed by atoms with Gasteiger partial charge in [-0.15, -0.1) is 0 Å². The van der Waals surface area contributed by atoms with Crippen molar-refractivity contribution in [3.05, 3.63) is 54.1 Å². The molecule has 1 fully saturated rings. The topological polar surface area (TPSA) is 91.4 Å². The molecule has 4 rings (SSSR count). The van der Waals surface area contributed by atoms with Gasteiger partial charge in [0.25, 0.3) is 0 Å². The molecule has 158 valence electrons. The fourth-order valence-corrected chi connectivity index (χ4v) is 3.53. The number of primary amides is 1. The summed E-state index contributed by atoms with van der Waals surface area (Å²) in [6, 6.07) is 11.1. The van der Waals surface area contributed by atoms with Crippen LogP contribution in [-0.2, 0) is 22.6 Å². The number of halogens is 1. The highest BCUT2D eigenvalue weighted by Crippen LogP contribution is 2.28. The Labute approximate surface area is 174 Å². The summed E-state index contributed by atoms with van der Waals surface area (Å²) in [5.41, 5.74) is 7.09. The molecule has 1 amide bonds. The van der Waals surface area contributed by atoms with E-state index in [2.05, 4.69) is 9.88 Å². The molecule has 0 unspecified atom stereocenters. The van der Waals surface area contributed by atoms with Gasteiger partial charge in [-0.05, 0) is 56.2 Å². The van der Waals surface area contributed by atoms with Gasteiger partial charge >= 0.3 is 0 Å². The Morgan fingerprint density at radius 3 is 2.80 bits per heavy atom. The van der Waals surface area contributed by atoms with Crippen molar-refractivity contribution in [1.29, 1.82) is 0 Å². The van der Waals surface area contributed by atoms with Gasteiger partial charge in [0, 0.05) is 12.7 Å². The van der Waals surface area contributed by atoms with Crippen molar-refractivity contribution in [2.45, 2.75) is 45.0 Å². The molecule has 2 heterocycles. The van der Waals surface area contributed by atoms with E-state index in [1.54, 1.807) is 19.1 Å². The molecule has 1 aliphatic heterocycles. The molecule has 0 bridgehead atoms. The number of nitrogens with one attached hydrogen (secondary N) is 1. The number of benzene rings is 2. The predicted molar refractivity (Wildman–Crippen MR) is 111 cm³/mol. The second-order valence-electron chi connectivity index (χ2n) is 7.49. The average Bonchev–Trinajstić information content (AvgIpc) is 3.36. The van der Waals surface area contributed by atoms with E-state index in [4.69, 9.17) is 20.2 Å². The van der Waals surface area contributed by atoms with Crippen LogP contribution in [0.2, 0.25) is 0 Å². The first kappa shape index (κ1) is 20.3. The first-order chi connectivity index (χ1) is 14.5. The van der Waals surface area contributed by atoms with Crippen molar-refractivity contribution in [3.63, 3.8) is 0 Å². The van der Waals surface area contributed by atoms with Crippen molar-refractivity contribution in [2.75, 3.05) is 6.61 Å². The first-order valence-corrected chi connectivity index (χ1v) is 10.1. The van der Waals surface area contributed by atoms with Crippen LogP contribution in [0.5, 0.6) is 11.5 Å². The zero-order chi connectivity index (χ0) is 21.1. The van der Waals surface area contributed by atoms with Crippen molar-refractivity contribution in [2.24, 2.45) is 5.73 Å². The third-order valence-electron chi connectivity index (χ3n) is 5.25. The third-order valence-corrected chi connectivity index (χ3v) is 5.25. The number of hydrogen-bond acceptors (Lipinski definition) is 5. The summed E-state index contributed by atoms with van der Waals surface area (Å²) in [5, 5.41) is 3.12. The van der Waals surface area contributed by atoms with Crippen LogP contribution in [0, 0.1) is 5.82 Å². The molecular formula is C22H25FN4O3. The van der Waals surface area contributed by atoms with Crippen LogP contribution in [0.15, 0.2) is 42.5 Å². The summed E-state index contributed by atoms with van der Waals surface area (Å²) in [6.45, 7) is 3.56. The molecule has 30 heavy (non-hydrogen) atoms. The molecule has 0 aliphatic carbocycles. The monoisotopic (exact) mass is 412 g/mol. The van der Waals surface area contributed by atoms with Crippen LogP contribution in [0.3, 0.4) is 0 Å². The van der Waals surface area contributed by atoms with Gasteiger partial charge in [-0.3, -0.25) is 10.1 Å². The Hall–Kier alpha value is -2.97. The minimum absolute atomic E-state index is 0.122. The van der Waals surface area contributed by atoms with Gasteiger partial charge in [-0.1, -0.05) is 0 Å². The van der Waals surface area contributed by atoms with Crippen molar-refractivity contribution >= 4 is 16.9 Å². The SMILES string of the molecule is C[C@H](NCc1nc2ccc(Oc3ccc(F)cc3)cc2n1C[C@H]1CCCO1)C(N)=O. The molecule has 3 aromatic rings. The standard InChI is InChI=1S/C22H25FN4O3/c1-14(22(24)28)25-12-21-26-19-9-8-17(30-16-6-4-15(23)5-7-16)11-20(19)27(21)13-18-3-2-10-29-18/h4-9,11,14,18,25H,2-3,10,12-13H2,1H3,(H2,24,28)/t14-,18+/m0/s1. The molecule has 1 saturated heterocycles. The number of ether oxygens (including phenoxy) is 2. The normalized spacial score (nSPS) is 17.3. The summed E-state index contributed by atoms with van der Waals surface area (Å²) < 4.78 is 27.0. The summed E-state index contributed by atoms with van der Waals surface area (Å²) >= 11 is 0. The molecular weight excluding hydrogens is 387 g/mol. The lowest BCUT2D eigenvalue weighted by Crippen LogP contribution is -2.38. The smallest absolute Gasteiger partial charge is 0.234 e. The lowest BCUT2D eigenvalue weighted by atomic mass is 10.2. The van der Waals surface area contributed by atoms with Crippen LogP contribution in [0.4, 0.5) is 4.39 Å². The van der Waals surface area contributed by atoms with E-state index < -0.39 is 11.9 Å². The van der Waals surface area contributed by atoms with Crippen molar-refractivity contribution in [1.82, 2.24) is 14.9 Å². The van der Waals surface area contributed by atoms with Gasteiger partial charge in [-0.25, -0.2) is 9.37 Å². The number of fused-ring (bicyclic) bond motifs is 1. The number of carbonyl (C=O) groups is 1. The Kier molecular flexibility index (Phi) is 5.96. The predicted octanol–water partition coefficient (Wildman–Crippen LogP) is 3.11. The fourth-order valence-electron chi connectivity index (χ4n) is 3.53. The summed E-state index contributed by atoms with van der Waals surface area (Å²) in [7, 11) is 0. The maximum Gasteiger partial charge on any atom is 0.234 e. The Morgan fingerprint density at radius 2 is 2.10 bits per heavy atom. The van der Waals surface area contributed by atoms with E-state index in [1.807, 2.05) is 18.2 Å². The lowest BCUT2D eigenvalue weighted by Gasteiger charge is -2.16. The number of imidazole rings is 1. The molecule has 3 N–H and O–H groups in total. The van der Waals surface area contributed by atoms with Crippen LogP contribution in [0.25, 0.3) is 11.0 Å². The van der Waals surface area contributed by atoms with Crippen LogP contribution in [-0.4, -0.2) is 34.2 Å². The van der Waals surface area contributed by atoms with E-state index in [0.29, 0.717) is 24.6 Å². The van der Waals surface area contributed by atoms with E-state index in [9.17, 15) is 9.18 Å². The second kappa shape index (κ2) is 8.81. The van der Waals surface area contributed by atoms with Crippen LogP contribution < -0.4 is 15.8 Å². The molecule has 1 aliphatic rings. The summed E-state index contributed by atoms with van der Waals surface area (Å²) in [5.74, 6) is 1.26. The number of amides is 1. The van der Waals surface area contributed by atoms with E-state index in [0.717, 1.165) is 36.3 Å². The molecule has 2 aromatic carbocycles. The van der Waals surface area contributed by atoms with Gasteiger partial charge in [0.15, 0.2) is 0 Å². The molecule has 2 atom stereocenters. The Balaban J connectivity index is 1.63. The Morgan fingerprint density at radius 1 is 1.33 bits per heavy atom. The minimum Gasteiger partial charge on any atom is -0.457 e. The van der Waals surface area contributed by atoms with Gasteiger partial charge in [-0.2, -0.15) is 0 Å². The minimum atomic E-state index is -0.460. The van der Waals surface area contributed by atoms with Gasteiger partial charge in [0.1, 0.15) is 23.1 Å². The van der Waals surface area contributed by atoms with E-state index >= 15 is 0 Å². The largest absolute Gasteiger partial charge is 0.457 e. The molecule has 0 radical (unpaired) electrons. The lowest BCUT2D eigenvalue weighted by molar-refractivity contribution is -0.119. The van der Waals surface area contributed by atoms with Gasteiger partial charge in [0.05, 0.1) is 36.3 Å². The maximum atomic E-state index is 13.1. The van der Waals surface area contributed by atoms with Gasteiger partial charge in [0.2, 0.25) is 5.91 Å². The number of nitrogens with zero attached hydrogens (tertiary/aromatic N) is 2. The number of nitrogens with two attached hydrogens (primary N) is 1. The number of aromatic nitrogens is 2. The van der Waals surface area contributed by atoms with Gasteiger partial charge < -0.3 is 19.8 Å². The zero-order valence-corrected chi connectivity index (χ0v) is 16.8. The third kappa shape index (κ3) is 4.60. The summed E-state index contributed by atoms with van der Waals surface area (Å²) in [4.78, 5) is 16.1. The second-order valence-corrected chi connectivity index (χ2v) is 7.49. The highest BCUT2D eigenvalue weighted by atomic mass is 19.1. The number of hydrogen-bond donors (Lipinski definition) is 2. The van der Waals surface area contributed by atoms with Crippen molar-refractivity contribution < 1.29 is 18.7 Å². The highest BCUT2D eigenvalue weighted by molar-refractivity contribution is 5.79. The maximum absolute atomic E-state index is 13.1. The Bertz CT molecular complexity index is 1030. The quantitative estimate of drug-likeness (QED) is 0.593. The van der Waals surface area contributed by atoms with Crippen LogP contribution >= 0.6 is 0 Å². The van der Waals surface area contributed by atoms with Crippen LogP contribution in [0.1, 0.15) is 25.6 Å². The molecule has 0 spiro atoms. The van der Waals surface area contributed by atoms with E-state index in [1.165, 1.54) is 12.1 Å². The first-order valence-electron chi connectivity index (χ1n) is 10.1. The highest BCUT2D eigenvalue weighted by Gasteiger charge is 2.21. The van der Waals surface area contributed by atoms with E-state index in [-0.39, 0.29) is 11.9 Å². The number of carbonyl (C=O) groups excluding carboxylic acids is 1. The molecule has 0 saturated carbocycles. The number of rotatable bonds is 8. The molecule has 7 nitrogen and oxygen atoms in total. The average molecular weight is 412 g/mol. The zero-order valence-electron chi connectivity index (χ0n) is 16.8.